The van der Waals surface area contributed by atoms with Crippen molar-refractivity contribution in [3.63, 3.8) is 0 Å². The molecular formula is C30H22FN3O4. The van der Waals surface area contributed by atoms with Gasteiger partial charge in [0.15, 0.2) is 0 Å². The second kappa shape index (κ2) is 10.4. The van der Waals surface area contributed by atoms with E-state index in [1.165, 1.54) is 18.2 Å². The van der Waals surface area contributed by atoms with E-state index in [0.29, 0.717) is 17.2 Å². The van der Waals surface area contributed by atoms with Crippen LogP contribution in [-0.2, 0) is 11.3 Å². The molecule has 0 aliphatic carbocycles. The van der Waals surface area contributed by atoms with Crippen molar-refractivity contribution < 1.29 is 23.5 Å². The van der Waals surface area contributed by atoms with Crippen LogP contribution in [0.4, 0.5) is 10.2 Å². The van der Waals surface area contributed by atoms with Crippen molar-refractivity contribution in [2.45, 2.75) is 6.54 Å². The number of nitrogens with zero attached hydrogens (tertiary/aromatic N) is 1. The van der Waals surface area contributed by atoms with Crippen LogP contribution in [0.1, 0.15) is 21.7 Å². The van der Waals surface area contributed by atoms with Gasteiger partial charge in [0.1, 0.15) is 23.0 Å². The number of anilines is 1. The molecule has 5 rings (SSSR count). The van der Waals surface area contributed by atoms with E-state index in [4.69, 9.17) is 10.2 Å². The van der Waals surface area contributed by atoms with Gasteiger partial charge in [-0.2, -0.15) is 0 Å². The number of nitrogens with one attached hydrogen (secondary N) is 1. The van der Waals surface area contributed by atoms with E-state index < -0.39 is 5.97 Å². The molecule has 0 unspecified atom stereocenters. The molecule has 1 amide bonds. The number of pyridine rings is 1. The number of halogens is 1. The monoisotopic (exact) mass is 507 g/mol. The molecule has 3 aromatic carbocycles. The third-order valence-electron chi connectivity index (χ3n) is 5.96. The first-order valence-electron chi connectivity index (χ1n) is 11.7. The van der Waals surface area contributed by atoms with Crippen molar-refractivity contribution in [1.29, 1.82) is 0 Å². The van der Waals surface area contributed by atoms with Crippen LogP contribution in [-0.4, -0.2) is 22.0 Å². The maximum atomic E-state index is 13.6. The number of rotatable bonds is 7. The Morgan fingerprint density at radius 3 is 2.37 bits per heavy atom. The minimum Gasteiger partial charge on any atom is -0.478 e. The Kier molecular flexibility index (Phi) is 6.69. The summed E-state index contributed by atoms with van der Waals surface area (Å²) in [6.07, 6.45) is 4.61. The van der Waals surface area contributed by atoms with Crippen LogP contribution < -0.4 is 11.1 Å². The predicted molar refractivity (Wildman–Crippen MR) is 144 cm³/mol. The number of nitrogen functional groups attached to an aromatic ring is 1. The molecule has 2 heterocycles. The van der Waals surface area contributed by atoms with Crippen LogP contribution in [0.15, 0.2) is 95.6 Å². The van der Waals surface area contributed by atoms with E-state index in [-0.39, 0.29) is 23.8 Å². The average Bonchev–Trinajstić information content (AvgIpc) is 3.35. The molecular weight excluding hydrogens is 485 g/mol. The number of fused-ring (bicyclic) bond motifs is 1. The number of hydrogen-bond acceptors (Lipinski definition) is 5. The summed E-state index contributed by atoms with van der Waals surface area (Å²) in [4.78, 5) is 27.6. The van der Waals surface area contributed by atoms with Crippen molar-refractivity contribution in [1.82, 2.24) is 10.3 Å². The van der Waals surface area contributed by atoms with E-state index in [0.717, 1.165) is 33.2 Å². The van der Waals surface area contributed by atoms with Crippen molar-refractivity contribution in [3.05, 3.63) is 114 Å². The fraction of sp³-hybridized carbons (Fsp3) is 0.0333. The van der Waals surface area contributed by atoms with E-state index in [1.807, 2.05) is 18.2 Å². The number of hydrogen-bond donors (Lipinski definition) is 3. The second-order valence-corrected chi connectivity index (χ2v) is 8.61. The van der Waals surface area contributed by atoms with E-state index in [1.54, 1.807) is 60.8 Å². The van der Waals surface area contributed by atoms with Crippen LogP contribution in [0.5, 0.6) is 0 Å². The first kappa shape index (κ1) is 24.5. The van der Waals surface area contributed by atoms with Crippen molar-refractivity contribution >= 4 is 34.7 Å². The molecule has 0 aliphatic heterocycles. The molecule has 188 valence electrons. The summed E-state index contributed by atoms with van der Waals surface area (Å²) < 4.78 is 19.7. The molecule has 7 nitrogen and oxygen atoms in total. The molecule has 0 radical (unpaired) electrons. The normalized spacial score (nSPS) is 11.2. The van der Waals surface area contributed by atoms with Gasteiger partial charge in [-0.3, -0.25) is 4.79 Å². The Hall–Kier alpha value is -5.24. The standard InChI is InChI=1S/C30H22FN3O4/c31-24-9-7-20(8-10-24)26-15-22(19-3-5-21(6-4-19)30(36)37)13-23-14-25(38-29(23)26)17-34-28(35)12-2-18-1-11-27(32)33-16-18/h1-16H,17H2,(H2,32,33)(H,34,35)(H,36,37)/b12-2+. The van der Waals surface area contributed by atoms with Gasteiger partial charge in [-0.1, -0.05) is 24.3 Å². The minimum absolute atomic E-state index is 0.156. The topological polar surface area (TPSA) is 118 Å². The average molecular weight is 508 g/mol. The fourth-order valence-corrected chi connectivity index (χ4v) is 4.03. The lowest BCUT2D eigenvalue weighted by molar-refractivity contribution is -0.116. The zero-order valence-electron chi connectivity index (χ0n) is 20.0. The zero-order valence-corrected chi connectivity index (χ0v) is 20.0. The number of aromatic carboxylic acids is 1. The van der Waals surface area contributed by atoms with Gasteiger partial charge in [0, 0.05) is 23.2 Å². The SMILES string of the molecule is Nc1ccc(/C=C/C(=O)NCc2cc3cc(-c4ccc(C(=O)O)cc4)cc(-c4ccc(F)cc4)c3o2)cn1. The summed E-state index contributed by atoms with van der Waals surface area (Å²) >= 11 is 0. The first-order valence-corrected chi connectivity index (χ1v) is 11.7. The van der Waals surface area contributed by atoms with Crippen molar-refractivity contribution in [3.8, 4) is 22.3 Å². The molecule has 2 aromatic heterocycles. The van der Waals surface area contributed by atoms with Gasteiger partial charge in [0.25, 0.3) is 0 Å². The molecule has 4 N–H and O–H groups in total. The molecule has 38 heavy (non-hydrogen) atoms. The highest BCUT2D eigenvalue weighted by molar-refractivity contribution is 5.97. The number of carboxylic acid groups (broad SMARTS) is 1. The Morgan fingerprint density at radius 1 is 0.947 bits per heavy atom. The summed E-state index contributed by atoms with van der Waals surface area (Å²) in [6.45, 7) is 0.156. The van der Waals surface area contributed by atoms with Crippen LogP contribution in [0.3, 0.4) is 0 Å². The molecule has 5 aromatic rings. The number of amides is 1. The van der Waals surface area contributed by atoms with Crippen molar-refractivity contribution in [2.75, 3.05) is 5.73 Å². The van der Waals surface area contributed by atoms with E-state index in [9.17, 15) is 19.1 Å². The third-order valence-corrected chi connectivity index (χ3v) is 5.96. The van der Waals surface area contributed by atoms with Gasteiger partial charge < -0.3 is 20.6 Å². The fourth-order valence-electron chi connectivity index (χ4n) is 4.03. The highest BCUT2D eigenvalue weighted by Gasteiger charge is 2.14. The van der Waals surface area contributed by atoms with E-state index in [2.05, 4.69) is 10.3 Å². The first-order chi connectivity index (χ1) is 18.4. The molecule has 0 spiro atoms. The minimum atomic E-state index is -1.000. The Balaban J connectivity index is 1.44. The number of carboxylic acids is 1. The Morgan fingerprint density at radius 2 is 1.68 bits per heavy atom. The number of nitrogens with two attached hydrogens (primary N) is 1. The van der Waals surface area contributed by atoms with Gasteiger partial charge in [0.2, 0.25) is 5.91 Å². The maximum absolute atomic E-state index is 13.6. The third kappa shape index (κ3) is 5.44. The number of aromatic nitrogens is 1. The lowest BCUT2D eigenvalue weighted by Gasteiger charge is -2.08. The molecule has 0 saturated heterocycles. The lowest BCUT2D eigenvalue weighted by atomic mass is 9.96. The second-order valence-electron chi connectivity index (χ2n) is 8.61. The summed E-state index contributed by atoms with van der Waals surface area (Å²) in [5.74, 6) is -0.716. The van der Waals surface area contributed by atoms with Crippen molar-refractivity contribution in [2.24, 2.45) is 0 Å². The lowest BCUT2D eigenvalue weighted by Crippen LogP contribution is -2.19. The number of benzene rings is 3. The summed E-state index contributed by atoms with van der Waals surface area (Å²) in [7, 11) is 0. The summed E-state index contributed by atoms with van der Waals surface area (Å²) in [5, 5.41) is 12.8. The van der Waals surface area contributed by atoms with Crippen LogP contribution >= 0.6 is 0 Å². The molecule has 0 saturated carbocycles. The number of carbonyl (C=O) groups is 2. The number of furan rings is 1. The zero-order chi connectivity index (χ0) is 26.6. The van der Waals surface area contributed by atoms with Crippen LogP contribution in [0, 0.1) is 5.82 Å². The quantitative estimate of drug-likeness (QED) is 0.236. The van der Waals surface area contributed by atoms with E-state index >= 15 is 0 Å². The highest BCUT2D eigenvalue weighted by atomic mass is 19.1. The molecule has 0 fully saturated rings. The van der Waals surface area contributed by atoms with Gasteiger partial charge in [0.05, 0.1) is 12.1 Å². The van der Waals surface area contributed by atoms with Gasteiger partial charge in [-0.25, -0.2) is 14.2 Å². The summed E-state index contributed by atoms with van der Waals surface area (Å²) in [6, 6.07) is 21.8. The Labute approximate surface area is 217 Å². The maximum Gasteiger partial charge on any atom is 0.335 e. The largest absolute Gasteiger partial charge is 0.478 e. The smallest absolute Gasteiger partial charge is 0.335 e. The van der Waals surface area contributed by atoms with Crippen LogP contribution in [0.25, 0.3) is 39.3 Å². The van der Waals surface area contributed by atoms with Gasteiger partial charge >= 0.3 is 5.97 Å². The molecule has 0 bridgehead atoms. The van der Waals surface area contributed by atoms with Gasteiger partial charge in [-0.05, 0) is 82.9 Å². The molecule has 8 heteroatoms. The molecule has 0 atom stereocenters. The van der Waals surface area contributed by atoms with Gasteiger partial charge in [-0.15, -0.1) is 0 Å². The Bertz CT molecular complexity index is 1660. The highest BCUT2D eigenvalue weighted by Crippen LogP contribution is 2.36. The molecule has 0 aliphatic rings. The van der Waals surface area contributed by atoms with Crippen LogP contribution in [0.2, 0.25) is 0 Å². The summed E-state index contributed by atoms with van der Waals surface area (Å²) in [5.41, 5.74) is 10.3. The number of carbonyl (C=O) groups excluding carboxylic acids is 1. The predicted octanol–water partition coefficient (Wildman–Crippen LogP) is 5.91.